The molecule has 30 heavy (non-hydrogen) atoms. The van der Waals surface area contributed by atoms with Crippen LogP contribution in [0.2, 0.25) is 0 Å². The predicted molar refractivity (Wildman–Crippen MR) is 111 cm³/mol. The van der Waals surface area contributed by atoms with Crippen LogP contribution in [0.25, 0.3) is 0 Å². The number of nitrogens with zero attached hydrogens (tertiary/aromatic N) is 2. The van der Waals surface area contributed by atoms with Crippen molar-refractivity contribution in [3.63, 3.8) is 0 Å². The van der Waals surface area contributed by atoms with E-state index in [1.807, 2.05) is 31.2 Å². The molecule has 0 aliphatic carbocycles. The Hall–Kier alpha value is -3.35. The Morgan fingerprint density at radius 1 is 1.10 bits per heavy atom. The second kappa shape index (κ2) is 7.82. The molecule has 1 atom stereocenters. The number of carbonyl (C=O) groups excluding carboxylic acids is 3. The number of ether oxygens (including phenoxy) is 1. The number of carbonyl (C=O) groups is 3. The summed E-state index contributed by atoms with van der Waals surface area (Å²) in [5.41, 5.74) is 1.49. The van der Waals surface area contributed by atoms with Gasteiger partial charge < -0.3 is 15.0 Å². The number of aryl methyl sites for hydroxylation is 1. The molecule has 2 heterocycles. The van der Waals surface area contributed by atoms with Crippen LogP contribution in [0, 0.1) is 6.92 Å². The molecule has 2 fully saturated rings. The van der Waals surface area contributed by atoms with Gasteiger partial charge in [0, 0.05) is 12.1 Å². The first kappa shape index (κ1) is 19.9. The smallest absolute Gasteiger partial charge is 0.325 e. The van der Waals surface area contributed by atoms with E-state index in [9.17, 15) is 14.4 Å². The first-order chi connectivity index (χ1) is 14.4. The number of rotatable bonds is 4. The van der Waals surface area contributed by atoms with Crippen LogP contribution in [0.1, 0.15) is 34.3 Å². The summed E-state index contributed by atoms with van der Waals surface area (Å²) in [6, 6.07) is 14.2. The molecule has 2 aliphatic rings. The van der Waals surface area contributed by atoms with Gasteiger partial charge in [-0.15, -0.1) is 0 Å². The van der Waals surface area contributed by atoms with Crippen LogP contribution in [-0.2, 0) is 11.3 Å². The lowest BCUT2D eigenvalue weighted by molar-refractivity contribution is -0.133. The summed E-state index contributed by atoms with van der Waals surface area (Å²) in [5, 5.41) is 2.88. The molecule has 7 heteroatoms. The normalized spacial score (nSPS) is 21.1. The molecule has 1 spiro atoms. The number of methoxy groups -OCH3 is 1. The zero-order valence-electron chi connectivity index (χ0n) is 17.2. The molecule has 0 radical (unpaired) electrons. The van der Waals surface area contributed by atoms with E-state index >= 15 is 0 Å². The van der Waals surface area contributed by atoms with E-state index < -0.39 is 11.6 Å². The Bertz CT molecular complexity index is 971. The molecular formula is C23H25N3O4. The highest BCUT2D eigenvalue weighted by Crippen LogP contribution is 2.30. The first-order valence-corrected chi connectivity index (χ1v) is 10.0. The Morgan fingerprint density at radius 2 is 1.80 bits per heavy atom. The van der Waals surface area contributed by atoms with E-state index in [1.165, 1.54) is 4.90 Å². The van der Waals surface area contributed by atoms with Crippen molar-refractivity contribution in [3.8, 4) is 5.75 Å². The van der Waals surface area contributed by atoms with Gasteiger partial charge in [-0.05, 0) is 49.6 Å². The minimum absolute atomic E-state index is 0.157. The van der Waals surface area contributed by atoms with Gasteiger partial charge in [0.25, 0.3) is 11.8 Å². The summed E-state index contributed by atoms with van der Waals surface area (Å²) in [7, 11) is 1.57. The van der Waals surface area contributed by atoms with Crippen molar-refractivity contribution < 1.29 is 19.1 Å². The van der Waals surface area contributed by atoms with Crippen molar-refractivity contribution >= 4 is 17.8 Å². The SMILES string of the molecule is COc1ccc(C(=O)N2CCC[C@@]3(C2)NC(=O)N(Cc2ccc(C)cc2)C3=O)cc1. The van der Waals surface area contributed by atoms with Crippen LogP contribution in [-0.4, -0.2) is 53.4 Å². The number of benzene rings is 2. The number of hydrogen-bond acceptors (Lipinski definition) is 4. The van der Waals surface area contributed by atoms with Crippen molar-refractivity contribution in [3.05, 3.63) is 65.2 Å². The molecule has 4 rings (SSSR count). The van der Waals surface area contributed by atoms with Gasteiger partial charge in [0.1, 0.15) is 11.3 Å². The van der Waals surface area contributed by atoms with E-state index in [2.05, 4.69) is 5.32 Å². The monoisotopic (exact) mass is 407 g/mol. The van der Waals surface area contributed by atoms with Gasteiger partial charge in [-0.2, -0.15) is 0 Å². The third-order valence-corrected chi connectivity index (χ3v) is 5.82. The molecule has 2 aromatic rings. The lowest BCUT2D eigenvalue weighted by Crippen LogP contribution is -2.59. The third-order valence-electron chi connectivity index (χ3n) is 5.82. The maximum Gasteiger partial charge on any atom is 0.325 e. The summed E-state index contributed by atoms with van der Waals surface area (Å²) in [4.78, 5) is 41.8. The number of amides is 4. The average Bonchev–Trinajstić information content (AvgIpc) is 2.98. The van der Waals surface area contributed by atoms with E-state index in [-0.39, 0.29) is 24.9 Å². The summed E-state index contributed by atoms with van der Waals surface area (Å²) in [5.74, 6) is 0.253. The van der Waals surface area contributed by atoms with Crippen LogP contribution in [0.3, 0.4) is 0 Å². The van der Waals surface area contributed by atoms with Gasteiger partial charge in [0.05, 0.1) is 20.2 Å². The summed E-state index contributed by atoms with van der Waals surface area (Å²) in [6.45, 7) is 2.93. The van der Waals surface area contributed by atoms with Crippen molar-refractivity contribution in [1.82, 2.24) is 15.1 Å². The number of likely N-dealkylation sites (tertiary alicyclic amines) is 1. The zero-order valence-corrected chi connectivity index (χ0v) is 17.2. The number of piperidine rings is 1. The Morgan fingerprint density at radius 3 is 2.47 bits per heavy atom. The molecule has 4 amide bonds. The van der Waals surface area contributed by atoms with Crippen molar-refractivity contribution in [2.75, 3.05) is 20.2 Å². The average molecular weight is 407 g/mol. The standard InChI is InChI=1S/C23H25N3O4/c1-16-4-6-17(7-5-16)14-26-21(28)23(24-22(26)29)12-3-13-25(15-23)20(27)18-8-10-19(30-2)11-9-18/h4-11H,3,12-15H2,1-2H3,(H,24,29)/t23-/m0/s1. The van der Waals surface area contributed by atoms with Gasteiger partial charge in [-0.25, -0.2) is 4.79 Å². The lowest BCUT2D eigenvalue weighted by Gasteiger charge is -2.38. The molecule has 156 valence electrons. The van der Waals surface area contributed by atoms with Crippen molar-refractivity contribution in [2.24, 2.45) is 0 Å². The van der Waals surface area contributed by atoms with Crippen LogP contribution in [0.4, 0.5) is 4.79 Å². The van der Waals surface area contributed by atoms with E-state index in [1.54, 1.807) is 36.3 Å². The fraction of sp³-hybridized carbons (Fsp3) is 0.348. The predicted octanol–water partition coefficient (Wildman–Crippen LogP) is 2.73. The van der Waals surface area contributed by atoms with Crippen LogP contribution in [0.15, 0.2) is 48.5 Å². The van der Waals surface area contributed by atoms with Gasteiger partial charge in [-0.1, -0.05) is 29.8 Å². The Balaban J connectivity index is 1.50. The summed E-state index contributed by atoms with van der Waals surface area (Å²) in [6.07, 6.45) is 1.17. The number of urea groups is 1. The van der Waals surface area contributed by atoms with Gasteiger partial charge in [0.2, 0.25) is 0 Å². The topological polar surface area (TPSA) is 79.0 Å². The maximum atomic E-state index is 13.2. The molecule has 1 N–H and O–H groups in total. The quantitative estimate of drug-likeness (QED) is 0.791. The van der Waals surface area contributed by atoms with Gasteiger partial charge >= 0.3 is 6.03 Å². The molecule has 0 bridgehead atoms. The highest BCUT2D eigenvalue weighted by Gasteiger charge is 2.53. The summed E-state index contributed by atoms with van der Waals surface area (Å²) >= 11 is 0. The molecule has 2 aromatic carbocycles. The minimum Gasteiger partial charge on any atom is -0.497 e. The van der Waals surface area contributed by atoms with E-state index in [0.717, 1.165) is 11.1 Å². The molecule has 2 aliphatic heterocycles. The van der Waals surface area contributed by atoms with Crippen molar-refractivity contribution in [1.29, 1.82) is 0 Å². The van der Waals surface area contributed by atoms with Crippen LogP contribution in [0.5, 0.6) is 5.75 Å². The molecule has 0 saturated carbocycles. The molecule has 7 nitrogen and oxygen atoms in total. The first-order valence-electron chi connectivity index (χ1n) is 10.0. The number of nitrogens with one attached hydrogen (secondary N) is 1. The molecule has 0 unspecified atom stereocenters. The third kappa shape index (κ3) is 3.63. The maximum absolute atomic E-state index is 13.2. The second-order valence-corrected chi connectivity index (χ2v) is 7.95. The van der Waals surface area contributed by atoms with E-state index in [4.69, 9.17) is 4.74 Å². The largest absolute Gasteiger partial charge is 0.497 e. The van der Waals surface area contributed by atoms with Gasteiger partial charge in [-0.3, -0.25) is 14.5 Å². The fourth-order valence-electron chi connectivity index (χ4n) is 4.12. The second-order valence-electron chi connectivity index (χ2n) is 7.95. The van der Waals surface area contributed by atoms with Crippen molar-refractivity contribution in [2.45, 2.75) is 31.8 Å². The zero-order chi connectivity index (χ0) is 21.3. The highest BCUT2D eigenvalue weighted by atomic mass is 16.5. The number of imide groups is 1. The van der Waals surface area contributed by atoms with Crippen LogP contribution < -0.4 is 10.1 Å². The van der Waals surface area contributed by atoms with Crippen LogP contribution >= 0.6 is 0 Å². The number of hydrogen-bond donors (Lipinski definition) is 1. The Kier molecular flexibility index (Phi) is 5.20. The highest BCUT2D eigenvalue weighted by molar-refractivity contribution is 6.07. The summed E-state index contributed by atoms with van der Waals surface area (Å²) < 4.78 is 5.14. The molecule has 2 saturated heterocycles. The molecular weight excluding hydrogens is 382 g/mol. The Labute approximate surface area is 175 Å². The minimum atomic E-state index is -1.05. The lowest BCUT2D eigenvalue weighted by atomic mass is 9.88. The van der Waals surface area contributed by atoms with Gasteiger partial charge in [0.15, 0.2) is 0 Å². The van der Waals surface area contributed by atoms with E-state index in [0.29, 0.717) is 30.7 Å². The molecule has 0 aromatic heterocycles. The fourth-order valence-corrected chi connectivity index (χ4v) is 4.12.